The lowest BCUT2D eigenvalue weighted by Gasteiger charge is -2.26. The minimum atomic E-state index is 1.10. The first-order chi connectivity index (χ1) is 36.2. The van der Waals surface area contributed by atoms with Crippen molar-refractivity contribution in [2.45, 2.75) is 41.5 Å². The summed E-state index contributed by atoms with van der Waals surface area (Å²) in [7, 11) is 0. The maximum atomic E-state index is 2.45. The van der Waals surface area contributed by atoms with E-state index in [1.807, 2.05) is 0 Å². The van der Waals surface area contributed by atoms with Crippen LogP contribution < -0.4 is 9.80 Å². The summed E-state index contributed by atoms with van der Waals surface area (Å²) in [5, 5.41) is 2.47. The standard InChI is InChI=1S/C70H58N4/c1-47-17-27-57(28-18-47)71(58-29-19-48(2)20-30-58)61-35-39-63(40-36-61)73-67-43-25-55(45-65(67)51(5)69(73)53-13-9-7-10-14-53)56-26-44-68-66(46-56)52(6)70(54-15-11-8-12-16-54)74(68)64-41-37-62(38-42-64)72(59-31-21-49(3)22-32-59)60-33-23-50(4)24-34-60/h7-46H,1-6H3. The maximum Gasteiger partial charge on any atom is 0.0570 e. The number of fused-ring (bicyclic) bond motifs is 2. The average molecular weight is 955 g/mol. The number of nitrogens with zero attached hydrogens (tertiary/aromatic N) is 4. The van der Waals surface area contributed by atoms with Crippen molar-refractivity contribution >= 4 is 55.9 Å². The highest BCUT2D eigenvalue weighted by molar-refractivity contribution is 5.99. The molecule has 4 heteroatoms. The molecule has 0 unspecified atom stereocenters. The summed E-state index contributed by atoms with van der Waals surface area (Å²) in [6.07, 6.45) is 0. The zero-order valence-electron chi connectivity index (χ0n) is 42.9. The Morgan fingerprint density at radius 1 is 0.257 bits per heavy atom. The molecule has 2 heterocycles. The third-order valence-corrected chi connectivity index (χ3v) is 14.8. The van der Waals surface area contributed by atoms with Crippen LogP contribution in [0.25, 0.3) is 66.8 Å². The van der Waals surface area contributed by atoms with Gasteiger partial charge in [0, 0.05) is 56.3 Å². The monoisotopic (exact) mass is 954 g/mol. The number of hydrogen-bond acceptors (Lipinski definition) is 2. The molecule has 0 atom stereocenters. The summed E-state index contributed by atoms with van der Waals surface area (Å²) in [6, 6.07) is 89.0. The molecule has 0 aliphatic rings. The topological polar surface area (TPSA) is 16.3 Å². The fourth-order valence-corrected chi connectivity index (χ4v) is 10.8. The molecular weight excluding hydrogens is 897 g/mol. The van der Waals surface area contributed by atoms with E-state index in [0.717, 1.165) is 45.5 Å². The van der Waals surface area contributed by atoms with Gasteiger partial charge in [-0.1, -0.05) is 144 Å². The van der Waals surface area contributed by atoms with Gasteiger partial charge in [0.1, 0.15) is 0 Å². The molecule has 0 bridgehead atoms. The molecule has 0 spiro atoms. The number of rotatable bonds is 11. The van der Waals surface area contributed by atoms with Crippen molar-refractivity contribution in [1.82, 2.24) is 9.13 Å². The Hall–Kier alpha value is -9.12. The second kappa shape index (κ2) is 19.1. The summed E-state index contributed by atoms with van der Waals surface area (Å²) in [5.41, 5.74) is 25.9. The number of anilines is 6. The van der Waals surface area contributed by atoms with E-state index in [1.165, 1.54) is 88.8 Å². The molecule has 2 aromatic heterocycles. The van der Waals surface area contributed by atoms with Gasteiger partial charge in [-0.15, -0.1) is 0 Å². The minimum Gasteiger partial charge on any atom is -0.311 e. The Morgan fingerprint density at radius 3 is 0.811 bits per heavy atom. The molecule has 10 aromatic carbocycles. The zero-order chi connectivity index (χ0) is 50.5. The van der Waals surface area contributed by atoms with Crippen LogP contribution in [-0.2, 0) is 0 Å². The Labute approximate surface area is 435 Å². The van der Waals surface area contributed by atoms with Crippen LogP contribution in [0.5, 0.6) is 0 Å². The highest BCUT2D eigenvalue weighted by Gasteiger charge is 2.22. The van der Waals surface area contributed by atoms with Gasteiger partial charge in [0.05, 0.1) is 22.4 Å². The predicted molar refractivity (Wildman–Crippen MR) is 314 cm³/mol. The molecular formula is C70H58N4. The van der Waals surface area contributed by atoms with E-state index < -0.39 is 0 Å². The van der Waals surface area contributed by atoms with Crippen LogP contribution in [-0.4, -0.2) is 9.13 Å². The van der Waals surface area contributed by atoms with Gasteiger partial charge in [0.25, 0.3) is 0 Å². The lowest BCUT2D eigenvalue weighted by Crippen LogP contribution is -2.10. The van der Waals surface area contributed by atoms with Crippen LogP contribution in [0.1, 0.15) is 33.4 Å². The molecule has 0 fully saturated rings. The second-order valence-corrected chi connectivity index (χ2v) is 19.9. The lowest BCUT2D eigenvalue weighted by atomic mass is 9.99. The van der Waals surface area contributed by atoms with Gasteiger partial charge in [0.15, 0.2) is 0 Å². The summed E-state index contributed by atoms with van der Waals surface area (Å²) < 4.78 is 4.89. The normalized spacial score (nSPS) is 11.4. The fraction of sp³-hybridized carbons (Fsp3) is 0.0857. The van der Waals surface area contributed by atoms with Crippen molar-refractivity contribution in [3.63, 3.8) is 0 Å². The first-order valence-corrected chi connectivity index (χ1v) is 25.7. The third-order valence-electron chi connectivity index (χ3n) is 14.8. The largest absolute Gasteiger partial charge is 0.311 e. The quantitative estimate of drug-likeness (QED) is 0.128. The predicted octanol–water partition coefficient (Wildman–Crippen LogP) is 19.4. The molecule has 4 nitrogen and oxygen atoms in total. The van der Waals surface area contributed by atoms with E-state index in [4.69, 9.17) is 0 Å². The molecule has 12 aromatic rings. The van der Waals surface area contributed by atoms with E-state index in [0.29, 0.717) is 0 Å². The van der Waals surface area contributed by atoms with Gasteiger partial charge in [0.2, 0.25) is 0 Å². The van der Waals surface area contributed by atoms with Crippen LogP contribution in [0.4, 0.5) is 34.1 Å². The molecule has 358 valence electrons. The first kappa shape index (κ1) is 46.0. The van der Waals surface area contributed by atoms with Crippen molar-refractivity contribution in [1.29, 1.82) is 0 Å². The van der Waals surface area contributed by atoms with Gasteiger partial charge in [-0.3, -0.25) is 0 Å². The first-order valence-electron chi connectivity index (χ1n) is 25.7. The van der Waals surface area contributed by atoms with E-state index in [1.54, 1.807) is 0 Å². The lowest BCUT2D eigenvalue weighted by molar-refractivity contribution is 1.12. The molecule has 0 N–H and O–H groups in total. The van der Waals surface area contributed by atoms with E-state index >= 15 is 0 Å². The van der Waals surface area contributed by atoms with Crippen LogP contribution in [0.15, 0.2) is 243 Å². The molecule has 0 aliphatic heterocycles. The Kier molecular flexibility index (Phi) is 11.9. The maximum absolute atomic E-state index is 2.45. The zero-order valence-corrected chi connectivity index (χ0v) is 42.9. The van der Waals surface area contributed by atoms with Crippen LogP contribution in [0.3, 0.4) is 0 Å². The number of hydrogen-bond donors (Lipinski definition) is 0. The van der Waals surface area contributed by atoms with Crippen molar-refractivity contribution in [3.8, 4) is 45.0 Å². The van der Waals surface area contributed by atoms with Crippen molar-refractivity contribution in [2.75, 3.05) is 9.80 Å². The molecule has 0 saturated carbocycles. The molecule has 0 radical (unpaired) electrons. The van der Waals surface area contributed by atoms with E-state index in [9.17, 15) is 0 Å². The summed E-state index contributed by atoms with van der Waals surface area (Å²) in [5.74, 6) is 0. The van der Waals surface area contributed by atoms with Gasteiger partial charge in [-0.25, -0.2) is 0 Å². The molecule has 0 aliphatic carbocycles. The van der Waals surface area contributed by atoms with E-state index in [-0.39, 0.29) is 0 Å². The number of aromatic nitrogens is 2. The summed E-state index contributed by atoms with van der Waals surface area (Å²) >= 11 is 0. The smallest absolute Gasteiger partial charge is 0.0570 e. The molecule has 0 saturated heterocycles. The molecule has 74 heavy (non-hydrogen) atoms. The third kappa shape index (κ3) is 8.44. The summed E-state index contributed by atoms with van der Waals surface area (Å²) in [6.45, 7) is 13.1. The summed E-state index contributed by atoms with van der Waals surface area (Å²) in [4.78, 5) is 4.68. The van der Waals surface area contributed by atoms with Crippen LogP contribution in [0.2, 0.25) is 0 Å². The van der Waals surface area contributed by atoms with Crippen LogP contribution >= 0.6 is 0 Å². The Balaban J connectivity index is 0.949. The molecule has 12 rings (SSSR count). The number of aryl methyl sites for hydroxylation is 6. The van der Waals surface area contributed by atoms with Crippen LogP contribution in [0, 0.1) is 41.5 Å². The minimum absolute atomic E-state index is 1.10. The van der Waals surface area contributed by atoms with Crippen molar-refractivity contribution in [3.05, 3.63) is 276 Å². The van der Waals surface area contributed by atoms with Crippen molar-refractivity contribution < 1.29 is 0 Å². The average Bonchev–Trinajstić information content (AvgIpc) is 3.91. The fourth-order valence-electron chi connectivity index (χ4n) is 10.8. The van der Waals surface area contributed by atoms with Crippen molar-refractivity contribution in [2.24, 2.45) is 0 Å². The molecule has 0 amide bonds. The SMILES string of the molecule is Cc1ccc(N(c2ccc(C)cc2)c2ccc(-n3c(-c4ccccc4)c(C)c4cc(-c5ccc6c(c5)c(C)c(-c5ccccc5)n6-c5ccc(N(c6ccc(C)cc6)c6ccc(C)cc6)cc5)ccc43)cc2)cc1. The van der Waals surface area contributed by atoms with Gasteiger partial charge in [-0.05, 0) is 196 Å². The second-order valence-electron chi connectivity index (χ2n) is 19.9. The Bertz CT molecular complexity index is 3590. The van der Waals surface area contributed by atoms with Gasteiger partial charge < -0.3 is 18.9 Å². The highest BCUT2D eigenvalue weighted by Crippen LogP contribution is 2.43. The van der Waals surface area contributed by atoms with Gasteiger partial charge in [-0.2, -0.15) is 0 Å². The van der Waals surface area contributed by atoms with E-state index in [2.05, 4.69) is 303 Å². The van der Waals surface area contributed by atoms with Gasteiger partial charge >= 0.3 is 0 Å². The highest BCUT2D eigenvalue weighted by atomic mass is 15.1. The number of benzene rings is 10. The Morgan fingerprint density at radius 2 is 0.527 bits per heavy atom.